The highest BCUT2D eigenvalue weighted by molar-refractivity contribution is 7.98. The van der Waals surface area contributed by atoms with Crippen molar-refractivity contribution in [1.82, 2.24) is 15.2 Å². The number of para-hydroxylation sites is 1. The number of phenolic OH excluding ortho intramolecular Hbond substituents is 1. The summed E-state index contributed by atoms with van der Waals surface area (Å²) < 4.78 is 6.25. The summed E-state index contributed by atoms with van der Waals surface area (Å²) in [6, 6.07) is 23.2. The summed E-state index contributed by atoms with van der Waals surface area (Å²) >= 11 is 1.52. The fourth-order valence-corrected chi connectivity index (χ4v) is 4.07. The summed E-state index contributed by atoms with van der Waals surface area (Å²) in [7, 11) is 0. The SMILES string of the molecule is Cc1ccc(CSc2nnc3c(n2)O[C@H](c2ccc(O)cc2)Nc2ccccc2-3)cc1. The molecule has 31 heavy (non-hydrogen) atoms. The number of aromatic nitrogens is 3. The largest absolute Gasteiger partial charge is 0.508 e. The first kappa shape index (κ1) is 19.4. The number of thioether (sulfide) groups is 1. The topological polar surface area (TPSA) is 80.2 Å². The lowest BCUT2D eigenvalue weighted by Crippen LogP contribution is -2.17. The van der Waals surface area contributed by atoms with E-state index in [1.165, 1.54) is 22.9 Å². The highest BCUT2D eigenvalue weighted by Crippen LogP contribution is 2.39. The Hall–Kier alpha value is -3.58. The first-order valence-electron chi connectivity index (χ1n) is 9.90. The van der Waals surface area contributed by atoms with Crippen LogP contribution in [0.1, 0.15) is 22.9 Å². The van der Waals surface area contributed by atoms with Gasteiger partial charge in [0.1, 0.15) is 5.75 Å². The van der Waals surface area contributed by atoms with Crippen molar-refractivity contribution in [2.45, 2.75) is 24.1 Å². The number of phenols is 1. The number of benzene rings is 3. The fraction of sp³-hybridized carbons (Fsp3) is 0.125. The van der Waals surface area contributed by atoms with Crippen LogP contribution >= 0.6 is 11.8 Å². The average molecular weight is 429 g/mol. The zero-order chi connectivity index (χ0) is 21.2. The van der Waals surface area contributed by atoms with E-state index in [0.29, 0.717) is 16.7 Å². The van der Waals surface area contributed by atoms with Crippen LogP contribution in [0.3, 0.4) is 0 Å². The van der Waals surface area contributed by atoms with Gasteiger partial charge in [-0.15, -0.1) is 10.2 Å². The fourth-order valence-electron chi connectivity index (χ4n) is 3.34. The number of ether oxygens (including phenoxy) is 1. The van der Waals surface area contributed by atoms with Crippen molar-refractivity contribution in [3.63, 3.8) is 0 Å². The van der Waals surface area contributed by atoms with E-state index in [4.69, 9.17) is 4.74 Å². The van der Waals surface area contributed by atoms with E-state index in [9.17, 15) is 5.11 Å². The lowest BCUT2D eigenvalue weighted by Gasteiger charge is -2.19. The van der Waals surface area contributed by atoms with Crippen molar-refractivity contribution < 1.29 is 9.84 Å². The first-order chi connectivity index (χ1) is 15.2. The molecular weight excluding hydrogens is 408 g/mol. The van der Waals surface area contributed by atoms with Crippen molar-refractivity contribution in [2.24, 2.45) is 0 Å². The third-order valence-corrected chi connectivity index (χ3v) is 5.93. The van der Waals surface area contributed by atoms with Crippen LogP contribution in [0, 0.1) is 6.92 Å². The molecule has 1 atom stereocenters. The molecule has 5 rings (SSSR count). The molecule has 0 aliphatic carbocycles. The number of anilines is 1. The van der Waals surface area contributed by atoms with Crippen molar-refractivity contribution in [3.8, 4) is 22.9 Å². The van der Waals surface area contributed by atoms with Crippen molar-refractivity contribution in [1.29, 1.82) is 0 Å². The van der Waals surface area contributed by atoms with Gasteiger partial charge in [-0.2, -0.15) is 4.98 Å². The number of rotatable bonds is 4. The summed E-state index contributed by atoms with van der Waals surface area (Å²) in [5, 5.41) is 22.4. The Morgan fingerprint density at radius 1 is 0.968 bits per heavy atom. The Bertz CT molecular complexity index is 1210. The molecule has 0 amide bonds. The Morgan fingerprint density at radius 2 is 1.74 bits per heavy atom. The summed E-state index contributed by atoms with van der Waals surface area (Å²) in [6.07, 6.45) is -0.477. The van der Waals surface area contributed by atoms with Gasteiger partial charge in [-0.25, -0.2) is 0 Å². The third-order valence-electron chi connectivity index (χ3n) is 5.02. The van der Waals surface area contributed by atoms with E-state index in [-0.39, 0.29) is 5.75 Å². The van der Waals surface area contributed by atoms with E-state index in [2.05, 4.69) is 51.7 Å². The molecule has 2 N–H and O–H groups in total. The van der Waals surface area contributed by atoms with E-state index < -0.39 is 6.23 Å². The molecule has 0 radical (unpaired) electrons. The molecule has 1 aliphatic heterocycles. The quantitative estimate of drug-likeness (QED) is 0.424. The van der Waals surface area contributed by atoms with Gasteiger partial charge in [-0.1, -0.05) is 59.8 Å². The van der Waals surface area contributed by atoms with E-state index in [0.717, 1.165) is 22.6 Å². The van der Waals surface area contributed by atoms with Gasteiger partial charge < -0.3 is 15.2 Å². The molecule has 1 aliphatic rings. The van der Waals surface area contributed by atoms with Gasteiger partial charge in [0.2, 0.25) is 11.0 Å². The van der Waals surface area contributed by atoms with Gasteiger partial charge in [0.25, 0.3) is 0 Å². The highest BCUT2D eigenvalue weighted by atomic mass is 32.2. The molecule has 0 saturated heterocycles. The Balaban J connectivity index is 1.47. The minimum Gasteiger partial charge on any atom is -0.508 e. The summed E-state index contributed by atoms with van der Waals surface area (Å²) in [5.41, 5.74) is 5.67. The van der Waals surface area contributed by atoms with Gasteiger partial charge in [0.15, 0.2) is 11.9 Å². The van der Waals surface area contributed by atoms with Crippen LogP contribution in [-0.2, 0) is 5.75 Å². The molecule has 3 aromatic carbocycles. The van der Waals surface area contributed by atoms with Gasteiger partial charge in [0.05, 0.1) is 0 Å². The third kappa shape index (κ3) is 4.18. The number of hydrogen-bond acceptors (Lipinski definition) is 7. The average Bonchev–Trinajstić information content (AvgIpc) is 2.96. The molecule has 1 aromatic heterocycles. The number of fused-ring (bicyclic) bond motifs is 3. The maximum absolute atomic E-state index is 9.64. The van der Waals surface area contributed by atoms with E-state index in [1.807, 2.05) is 36.4 Å². The van der Waals surface area contributed by atoms with Crippen LogP contribution in [-0.4, -0.2) is 20.3 Å². The van der Waals surface area contributed by atoms with Crippen LogP contribution in [0.2, 0.25) is 0 Å². The lowest BCUT2D eigenvalue weighted by molar-refractivity contribution is 0.225. The highest BCUT2D eigenvalue weighted by Gasteiger charge is 2.26. The number of hydrogen-bond donors (Lipinski definition) is 2. The molecule has 0 spiro atoms. The van der Waals surface area contributed by atoms with Crippen LogP contribution in [0.15, 0.2) is 78.0 Å². The number of aromatic hydroxyl groups is 1. The van der Waals surface area contributed by atoms with Gasteiger partial charge >= 0.3 is 0 Å². The molecule has 4 aromatic rings. The second kappa shape index (κ2) is 8.28. The zero-order valence-electron chi connectivity index (χ0n) is 16.8. The van der Waals surface area contributed by atoms with Gasteiger partial charge in [-0.05, 0) is 42.8 Å². The normalized spacial score (nSPS) is 14.5. The molecule has 6 nitrogen and oxygen atoms in total. The van der Waals surface area contributed by atoms with E-state index >= 15 is 0 Å². The monoisotopic (exact) mass is 428 g/mol. The second-order valence-corrected chi connectivity index (χ2v) is 8.24. The van der Waals surface area contributed by atoms with Crippen molar-refractivity contribution in [2.75, 3.05) is 5.32 Å². The molecule has 7 heteroatoms. The minimum absolute atomic E-state index is 0.206. The lowest BCUT2D eigenvalue weighted by atomic mass is 10.1. The smallest absolute Gasteiger partial charge is 0.247 e. The maximum atomic E-state index is 9.64. The number of nitrogens with one attached hydrogen (secondary N) is 1. The molecule has 2 heterocycles. The van der Waals surface area contributed by atoms with Crippen LogP contribution in [0.5, 0.6) is 11.6 Å². The summed E-state index contributed by atoms with van der Waals surface area (Å²) in [4.78, 5) is 4.68. The predicted octanol–water partition coefficient (Wildman–Crippen LogP) is 5.35. The van der Waals surface area contributed by atoms with Gasteiger partial charge in [-0.3, -0.25) is 0 Å². The standard InChI is InChI=1S/C24H20N4O2S/c1-15-6-8-16(9-7-15)14-31-24-26-23-21(27-28-24)19-4-2-3-5-20(19)25-22(30-23)17-10-12-18(29)13-11-17/h2-13,22,25,29H,14H2,1H3/t22-/m1/s1. The maximum Gasteiger partial charge on any atom is 0.247 e. The molecule has 154 valence electrons. The minimum atomic E-state index is -0.477. The first-order valence-corrected chi connectivity index (χ1v) is 10.9. The molecular formula is C24H20N4O2S. The summed E-state index contributed by atoms with van der Waals surface area (Å²) in [5.74, 6) is 1.38. The Kier molecular flexibility index (Phi) is 5.18. The molecule has 0 unspecified atom stereocenters. The van der Waals surface area contributed by atoms with Crippen molar-refractivity contribution in [3.05, 3.63) is 89.5 Å². The molecule has 0 fully saturated rings. The number of nitrogens with zero attached hydrogens (tertiary/aromatic N) is 3. The second-order valence-electron chi connectivity index (χ2n) is 7.30. The summed E-state index contributed by atoms with van der Waals surface area (Å²) in [6.45, 7) is 2.07. The predicted molar refractivity (Wildman–Crippen MR) is 121 cm³/mol. The number of aryl methyl sites for hydroxylation is 1. The molecule has 0 bridgehead atoms. The van der Waals surface area contributed by atoms with Crippen LogP contribution in [0.25, 0.3) is 11.3 Å². The van der Waals surface area contributed by atoms with Crippen LogP contribution in [0.4, 0.5) is 5.69 Å². The molecule has 0 saturated carbocycles. The van der Waals surface area contributed by atoms with E-state index in [1.54, 1.807) is 12.1 Å². The van der Waals surface area contributed by atoms with Crippen LogP contribution < -0.4 is 10.1 Å². The Morgan fingerprint density at radius 3 is 2.55 bits per heavy atom. The zero-order valence-corrected chi connectivity index (χ0v) is 17.6. The van der Waals surface area contributed by atoms with Crippen molar-refractivity contribution >= 4 is 17.4 Å². The van der Waals surface area contributed by atoms with Gasteiger partial charge in [0, 0.05) is 22.6 Å². The Labute approximate surface area is 184 Å².